The first-order valence-corrected chi connectivity index (χ1v) is 13.7. The smallest absolute Gasteiger partial charge is 0.410 e. The standard InChI is InChI=1S/C32H36N2O4/c1-36-27-10-6-24(7-11-27)22-37-28-12-8-26(9-13-28)30-29-5-3-2-4-25(29)14-18-34(30)31(35)38-23-32-15-19-33(20-16-32)21-17-32/h2-13,30H,14-23H2,1H3/t30-/m1/s1. The summed E-state index contributed by atoms with van der Waals surface area (Å²) in [6, 6.07) is 24.3. The van der Waals surface area contributed by atoms with E-state index < -0.39 is 0 Å². The van der Waals surface area contributed by atoms with Gasteiger partial charge in [-0.3, -0.25) is 4.90 Å². The summed E-state index contributed by atoms with van der Waals surface area (Å²) in [5, 5.41) is 0. The zero-order chi connectivity index (χ0) is 26.0. The normalized spacial score (nSPS) is 24.0. The molecular weight excluding hydrogens is 476 g/mol. The number of carbonyl (C=O) groups excluding carboxylic acids is 1. The predicted molar refractivity (Wildman–Crippen MR) is 147 cm³/mol. The number of rotatable bonds is 7. The molecule has 1 amide bonds. The molecule has 0 aliphatic carbocycles. The number of hydrogen-bond donors (Lipinski definition) is 0. The minimum absolute atomic E-state index is 0.163. The lowest BCUT2D eigenvalue weighted by Crippen LogP contribution is -2.51. The summed E-state index contributed by atoms with van der Waals surface area (Å²) < 4.78 is 17.3. The van der Waals surface area contributed by atoms with Crippen molar-refractivity contribution in [1.29, 1.82) is 0 Å². The number of amides is 1. The third kappa shape index (κ3) is 5.10. The summed E-state index contributed by atoms with van der Waals surface area (Å²) in [7, 11) is 1.66. The monoisotopic (exact) mass is 512 g/mol. The van der Waals surface area contributed by atoms with E-state index in [4.69, 9.17) is 14.2 Å². The molecule has 6 heteroatoms. The third-order valence-corrected chi connectivity index (χ3v) is 8.66. The van der Waals surface area contributed by atoms with Crippen molar-refractivity contribution < 1.29 is 19.0 Å². The van der Waals surface area contributed by atoms with Gasteiger partial charge in [0, 0.05) is 12.0 Å². The molecule has 0 unspecified atom stereocenters. The van der Waals surface area contributed by atoms with Crippen LogP contribution in [0.3, 0.4) is 0 Å². The van der Waals surface area contributed by atoms with Gasteiger partial charge in [0.05, 0.1) is 19.8 Å². The van der Waals surface area contributed by atoms with E-state index in [1.807, 2.05) is 41.3 Å². The lowest BCUT2D eigenvalue weighted by molar-refractivity contribution is -0.0300. The van der Waals surface area contributed by atoms with Crippen molar-refractivity contribution in [2.24, 2.45) is 5.41 Å². The summed E-state index contributed by atoms with van der Waals surface area (Å²) >= 11 is 0. The van der Waals surface area contributed by atoms with E-state index in [9.17, 15) is 4.79 Å². The average Bonchev–Trinajstić information content (AvgIpc) is 3.00. The molecule has 3 saturated heterocycles. The summed E-state index contributed by atoms with van der Waals surface area (Å²) in [5.41, 5.74) is 4.77. The van der Waals surface area contributed by atoms with E-state index in [1.54, 1.807) is 7.11 Å². The maximum atomic E-state index is 13.5. The molecule has 1 atom stereocenters. The lowest BCUT2D eigenvalue weighted by Gasteiger charge is -2.48. The van der Waals surface area contributed by atoms with Gasteiger partial charge in [-0.15, -0.1) is 0 Å². The largest absolute Gasteiger partial charge is 0.497 e. The molecule has 0 N–H and O–H groups in total. The molecule has 7 rings (SSSR count). The molecular formula is C32H36N2O4. The molecule has 3 aromatic carbocycles. The summed E-state index contributed by atoms with van der Waals surface area (Å²) in [5.74, 6) is 1.63. The molecule has 0 spiro atoms. The highest BCUT2D eigenvalue weighted by Crippen LogP contribution is 2.41. The highest BCUT2D eigenvalue weighted by Gasteiger charge is 2.41. The lowest BCUT2D eigenvalue weighted by atomic mass is 9.73. The van der Waals surface area contributed by atoms with Crippen molar-refractivity contribution in [2.75, 3.05) is 39.9 Å². The van der Waals surface area contributed by atoms with Gasteiger partial charge in [-0.05, 0) is 91.8 Å². The van der Waals surface area contributed by atoms with Crippen molar-refractivity contribution in [3.8, 4) is 11.5 Å². The number of piperidine rings is 3. The number of carbonyl (C=O) groups is 1. The van der Waals surface area contributed by atoms with E-state index in [0.29, 0.717) is 19.8 Å². The molecule has 4 aliphatic heterocycles. The minimum atomic E-state index is -0.202. The molecule has 38 heavy (non-hydrogen) atoms. The van der Waals surface area contributed by atoms with Crippen LogP contribution in [0.15, 0.2) is 72.8 Å². The van der Waals surface area contributed by atoms with Crippen LogP contribution in [0.4, 0.5) is 4.79 Å². The minimum Gasteiger partial charge on any atom is -0.497 e. The Hall–Kier alpha value is -3.51. The fraction of sp³-hybridized carbons (Fsp3) is 0.406. The Morgan fingerprint density at radius 2 is 1.55 bits per heavy atom. The number of ether oxygens (including phenoxy) is 3. The van der Waals surface area contributed by atoms with E-state index >= 15 is 0 Å². The second-order valence-corrected chi connectivity index (χ2v) is 10.9. The second-order valence-electron chi connectivity index (χ2n) is 10.9. The topological polar surface area (TPSA) is 51.2 Å². The fourth-order valence-corrected chi connectivity index (χ4v) is 6.17. The Morgan fingerprint density at radius 3 is 2.26 bits per heavy atom. The first-order chi connectivity index (χ1) is 18.6. The zero-order valence-corrected chi connectivity index (χ0v) is 22.1. The Labute approximate surface area is 225 Å². The van der Waals surface area contributed by atoms with Crippen LogP contribution in [-0.2, 0) is 17.8 Å². The number of hydrogen-bond acceptors (Lipinski definition) is 5. The Morgan fingerprint density at radius 1 is 0.868 bits per heavy atom. The average molecular weight is 513 g/mol. The van der Waals surface area contributed by atoms with Crippen molar-refractivity contribution >= 4 is 6.09 Å². The summed E-state index contributed by atoms with van der Waals surface area (Å²) in [6.07, 6.45) is 4.02. The molecule has 0 radical (unpaired) electrons. The summed E-state index contributed by atoms with van der Waals surface area (Å²) in [6.45, 7) is 5.05. The van der Waals surface area contributed by atoms with Crippen LogP contribution in [0, 0.1) is 5.41 Å². The number of methoxy groups -OCH3 is 1. The van der Waals surface area contributed by atoms with Crippen molar-refractivity contribution in [1.82, 2.24) is 9.80 Å². The van der Waals surface area contributed by atoms with Crippen LogP contribution in [0.25, 0.3) is 0 Å². The van der Waals surface area contributed by atoms with Gasteiger partial charge < -0.3 is 19.1 Å². The van der Waals surface area contributed by atoms with E-state index in [0.717, 1.165) is 67.9 Å². The molecule has 0 aromatic heterocycles. The molecule has 3 fully saturated rings. The van der Waals surface area contributed by atoms with Gasteiger partial charge in [-0.25, -0.2) is 4.79 Å². The maximum absolute atomic E-state index is 13.5. The van der Waals surface area contributed by atoms with Crippen LogP contribution in [0.1, 0.15) is 47.6 Å². The number of nitrogens with zero attached hydrogens (tertiary/aromatic N) is 2. The molecule has 2 bridgehead atoms. The highest BCUT2D eigenvalue weighted by molar-refractivity contribution is 5.70. The first-order valence-electron chi connectivity index (χ1n) is 13.7. The zero-order valence-electron chi connectivity index (χ0n) is 22.1. The van der Waals surface area contributed by atoms with Crippen LogP contribution in [0.2, 0.25) is 0 Å². The van der Waals surface area contributed by atoms with Crippen LogP contribution in [0.5, 0.6) is 11.5 Å². The van der Waals surface area contributed by atoms with Gasteiger partial charge >= 0.3 is 6.09 Å². The number of benzene rings is 3. The van der Waals surface area contributed by atoms with Gasteiger partial charge in [0.25, 0.3) is 0 Å². The molecule has 6 nitrogen and oxygen atoms in total. The van der Waals surface area contributed by atoms with E-state index in [-0.39, 0.29) is 17.6 Å². The molecule has 198 valence electrons. The SMILES string of the molecule is COc1ccc(COc2ccc([C@@H]3c4ccccc4CCN3C(=O)OCC34CCN(CC3)CC4)cc2)cc1. The predicted octanol–water partition coefficient (Wildman–Crippen LogP) is 5.84. The highest BCUT2D eigenvalue weighted by atomic mass is 16.6. The van der Waals surface area contributed by atoms with Crippen LogP contribution >= 0.6 is 0 Å². The van der Waals surface area contributed by atoms with Gasteiger partial charge in [0.1, 0.15) is 18.1 Å². The van der Waals surface area contributed by atoms with E-state index in [2.05, 4.69) is 41.3 Å². The quantitative estimate of drug-likeness (QED) is 0.398. The molecule has 4 aliphatic rings. The number of fused-ring (bicyclic) bond motifs is 4. The van der Waals surface area contributed by atoms with Crippen molar-refractivity contribution in [2.45, 2.75) is 38.3 Å². The van der Waals surface area contributed by atoms with Gasteiger partial charge in [0.2, 0.25) is 0 Å². The second kappa shape index (κ2) is 10.7. The van der Waals surface area contributed by atoms with Gasteiger partial charge in [-0.2, -0.15) is 0 Å². The van der Waals surface area contributed by atoms with Gasteiger partial charge in [-0.1, -0.05) is 48.5 Å². The van der Waals surface area contributed by atoms with Crippen LogP contribution in [-0.4, -0.2) is 55.8 Å². The van der Waals surface area contributed by atoms with Crippen LogP contribution < -0.4 is 9.47 Å². The first kappa shape index (κ1) is 24.8. The molecule has 3 aromatic rings. The molecule has 4 heterocycles. The maximum Gasteiger partial charge on any atom is 0.410 e. The van der Waals surface area contributed by atoms with Crippen molar-refractivity contribution in [3.63, 3.8) is 0 Å². The summed E-state index contributed by atoms with van der Waals surface area (Å²) in [4.78, 5) is 18.0. The van der Waals surface area contributed by atoms with E-state index in [1.165, 1.54) is 11.1 Å². The third-order valence-electron chi connectivity index (χ3n) is 8.66. The molecule has 0 saturated carbocycles. The van der Waals surface area contributed by atoms with Gasteiger partial charge in [0.15, 0.2) is 0 Å². The van der Waals surface area contributed by atoms with Crippen molar-refractivity contribution in [3.05, 3.63) is 95.1 Å². The Balaban J connectivity index is 1.17. The Bertz CT molecular complexity index is 1240. The Kier molecular flexibility index (Phi) is 6.98. The fourth-order valence-electron chi connectivity index (χ4n) is 6.17.